The van der Waals surface area contributed by atoms with Crippen molar-refractivity contribution in [1.82, 2.24) is 4.72 Å². The lowest BCUT2D eigenvalue weighted by molar-refractivity contribution is 0.102. The normalized spacial score (nSPS) is 13.5. The molecule has 0 spiro atoms. The highest BCUT2D eigenvalue weighted by atomic mass is 32.2. The molecule has 31 heavy (non-hydrogen) atoms. The van der Waals surface area contributed by atoms with Gasteiger partial charge < -0.3 is 14.8 Å². The molecule has 3 N–H and O–H groups in total. The number of anilines is 2. The van der Waals surface area contributed by atoms with Crippen LogP contribution in [-0.4, -0.2) is 47.3 Å². The molecule has 3 rings (SSSR count). The van der Waals surface area contributed by atoms with Crippen LogP contribution in [0.4, 0.5) is 16.2 Å². The van der Waals surface area contributed by atoms with Crippen LogP contribution in [0.15, 0.2) is 53.4 Å². The molecule has 2 aromatic carbocycles. The minimum absolute atomic E-state index is 0.0371. The van der Waals surface area contributed by atoms with E-state index in [0.29, 0.717) is 23.8 Å². The lowest BCUT2D eigenvalue weighted by Crippen LogP contribution is -2.26. The number of sulfonamides is 1. The predicted octanol–water partition coefficient (Wildman–Crippen LogP) is 2.82. The molecule has 1 fully saturated rings. The van der Waals surface area contributed by atoms with Crippen LogP contribution >= 0.6 is 0 Å². The zero-order chi connectivity index (χ0) is 22.3. The average molecular weight is 448 g/mol. The second kappa shape index (κ2) is 10.4. The molecule has 2 aromatic rings. The molecule has 0 bridgehead atoms. The third-order valence-electron chi connectivity index (χ3n) is 4.55. The highest BCUT2D eigenvalue weighted by Gasteiger charge is 2.24. The van der Waals surface area contributed by atoms with E-state index in [4.69, 9.17) is 9.47 Å². The van der Waals surface area contributed by atoms with Crippen LogP contribution in [0, 0.1) is 5.92 Å². The molecule has 1 saturated carbocycles. The Morgan fingerprint density at radius 2 is 1.71 bits per heavy atom. The van der Waals surface area contributed by atoms with Crippen molar-refractivity contribution >= 4 is 33.4 Å². The standard InChI is InChI=1S/C21H25N3O6S/c1-29-10-11-30-21(26)24-18-6-3-5-17(13-18)23-20(25)16-4-2-7-19(12-16)31(27,28)22-14-15-8-9-15/h2-7,12-13,15,22H,8-11,14H2,1H3,(H,23,25)(H,24,26). The third kappa shape index (κ3) is 7.06. The fourth-order valence-corrected chi connectivity index (χ4v) is 3.85. The lowest BCUT2D eigenvalue weighted by Gasteiger charge is -2.10. The summed E-state index contributed by atoms with van der Waals surface area (Å²) < 4.78 is 37.2. The average Bonchev–Trinajstić information content (AvgIpc) is 3.57. The zero-order valence-electron chi connectivity index (χ0n) is 17.1. The Morgan fingerprint density at radius 1 is 1.00 bits per heavy atom. The molecule has 9 nitrogen and oxygen atoms in total. The smallest absolute Gasteiger partial charge is 0.411 e. The number of hydrogen-bond donors (Lipinski definition) is 3. The summed E-state index contributed by atoms with van der Waals surface area (Å²) in [5.41, 5.74) is 1.06. The summed E-state index contributed by atoms with van der Waals surface area (Å²) in [6.45, 7) is 0.814. The minimum Gasteiger partial charge on any atom is -0.447 e. The first-order chi connectivity index (χ1) is 14.9. The van der Waals surface area contributed by atoms with Gasteiger partial charge in [-0.05, 0) is 55.2 Å². The molecule has 0 aliphatic heterocycles. The molecule has 0 heterocycles. The van der Waals surface area contributed by atoms with Gasteiger partial charge in [-0.25, -0.2) is 17.9 Å². The summed E-state index contributed by atoms with van der Waals surface area (Å²) in [6.07, 6.45) is 1.42. The van der Waals surface area contributed by atoms with E-state index in [1.54, 1.807) is 24.3 Å². The number of nitrogens with one attached hydrogen (secondary N) is 3. The Hall–Kier alpha value is -2.95. The van der Waals surface area contributed by atoms with E-state index < -0.39 is 22.0 Å². The van der Waals surface area contributed by atoms with Crippen molar-refractivity contribution in [3.8, 4) is 0 Å². The summed E-state index contributed by atoms with van der Waals surface area (Å²) >= 11 is 0. The number of methoxy groups -OCH3 is 1. The molecule has 0 radical (unpaired) electrons. The zero-order valence-corrected chi connectivity index (χ0v) is 17.9. The molecule has 0 saturated heterocycles. The van der Waals surface area contributed by atoms with Crippen molar-refractivity contribution in [1.29, 1.82) is 0 Å². The van der Waals surface area contributed by atoms with Crippen molar-refractivity contribution in [3.63, 3.8) is 0 Å². The van der Waals surface area contributed by atoms with Gasteiger partial charge in [-0.3, -0.25) is 10.1 Å². The van der Waals surface area contributed by atoms with Crippen molar-refractivity contribution < 1.29 is 27.5 Å². The van der Waals surface area contributed by atoms with Gasteiger partial charge in [0.1, 0.15) is 6.61 Å². The number of carbonyl (C=O) groups is 2. The minimum atomic E-state index is -3.67. The van der Waals surface area contributed by atoms with Gasteiger partial charge in [0.2, 0.25) is 10.0 Å². The molecule has 166 valence electrons. The van der Waals surface area contributed by atoms with Crippen LogP contribution in [0.2, 0.25) is 0 Å². The second-order valence-electron chi connectivity index (χ2n) is 7.11. The molecule has 0 aromatic heterocycles. The van der Waals surface area contributed by atoms with E-state index in [9.17, 15) is 18.0 Å². The van der Waals surface area contributed by atoms with Gasteiger partial charge in [0.05, 0.1) is 11.5 Å². The van der Waals surface area contributed by atoms with E-state index in [0.717, 1.165) is 12.8 Å². The lowest BCUT2D eigenvalue weighted by atomic mass is 10.2. The molecule has 0 atom stereocenters. The number of amides is 2. The summed E-state index contributed by atoms with van der Waals surface area (Å²) in [5.74, 6) is -0.0709. The summed E-state index contributed by atoms with van der Waals surface area (Å²) in [5, 5.41) is 5.25. The Bertz CT molecular complexity index is 1040. The predicted molar refractivity (Wildman–Crippen MR) is 116 cm³/mol. The summed E-state index contributed by atoms with van der Waals surface area (Å²) in [4.78, 5) is 24.4. The third-order valence-corrected chi connectivity index (χ3v) is 5.97. The Labute approximate surface area is 181 Å². The van der Waals surface area contributed by atoms with Gasteiger partial charge >= 0.3 is 6.09 Å². The first kappa shape index (κ1) is 22.7. The molecule has 2 amide bonds. The summed E-state index contributed by atoms with van der Waals surface area (Å²) in [7, 11) is -2.17. The highest BCUT2D eigenvalue weighted by Crippen LogP contribution is 2.28. The molecule has 10 heteroatoms. The van der Waals surface area contributed by atoms with Gasteiger partial charge in [0.15, 0.2) is 0 Å². The highest BCUT2D eigenvalue weighted by molar-refractivity contribution is 7.89. The fourth-order valence-electron chi connectivity index (χ4n) is 2.69. The van der Waals surface area contributed by atoms with E-state index in [2.05, 4.69) is 15.4 Å². The molecule has 1 aliphatic carbocycles. The molecule has 1 aliphatic rings. The van der Waals surface area contributed by atoms with Crippen molar-refractivity contribution in [3.05, 3.63) is 54.1 Å². The van der Waals surface area contributed by atoms with Crippen molar-refractivity contribution in [2.45, 2.75) is 17.7 Å². The number of rotatable bonds is 10. The van der Waals surface area contributed by atoms with E-state index in [1.165, 1.54) is 31.4 Å². The first-order valence-electron chi connectivity index (χ1n) is 9.81. The Kier molecular flexibility index (Phi) is 7.61. The second-order valence-corrected chi connectivity index (χ2v) is 8.88. The number of benzene rings is 2. The van der Waals surface area contributed by atoms with Crippen LogP contribution in [-0.2, 0) is 19.5 Å². The maximum atomic E-state index is 12.6. The largest absolute Gasteiger partial charge is 0.447 e. The van der Waals surface area contributed by atoms with Gasteiger partial charge in [0, 0.05) is 30.6 Å². The van der Waals surface area contributed by atoms with E-state index >= 15 is 0 Å². The number of carbonyl (C=O) groups excluding carboxylic acids is 2. The van der Waals surface area contributed by atoms with Crippen LogP contribution in [0.1, 0.15) is 23.2 Å². The monoisotopic (exact) mass is 447 g/mol. The van der Waals surface area contributed by atoms with Gasteiger partial charge in [0.25, 0.3) is 5.91 Å². The number of hydrogen-bond acceptors (Lipinski definition) is 6. The number of ether oxygens (including phenoxy) is 2. The Balaban J connectivity index is 1.63. The van der Waals surface area contributed by atoms with Crippen LogP contribution in [0.25, 0.3) is 0 Å². The summed E-state index contributed by atoms with van der Waals surface area (Å²) in [6, 6.07) is 12.4. The topological polar surface area (TPSA) is 123 Å². The van der Waals surface area contributed by atoms with Crippen LogP contribution in [0.5, 0.6) is 0 Å². The van der Waals surface area contributed by atoms with E-state index in [-0.39, 0.29) is 23.7 Å². The molecular weight excluding hydrogens is 422 g/mol. The van der Waals surface area contributed by atoms with Gasteiger partial charge in [-0.1, -0.05) is 12.1 Å². The van der Waals surface area contributed by atoms with Crippen molar-refractivity contribution in [2.75, 3.05) is 37.5 Å². The maximum Gasteiger partial charge on any atom is 0.411 e. The van der Waals surface area contributed by atoms with Crippen LogP contribution < -0.4 is 15.4 Å². The maximum absolute atomic E-state index is 12.6. The molecular formula is C21H25N3O6S. The Morgan fingerprint density at radius 3 is 2.42 bits per heavy atom. The van der Waals surface area contributed by atoms with Crippen molar-refractivity contribution in [2.24, 2.45) is 5.92 Å². The molecule has 0 unspecified atom stereocenters. The SMILES string of the molecule is COCCOC(=O)Nc1cccc(NC(=O)c2cccc(S(=O)(=O)NCC3CC3)c2)c1. The van der Waals surface area contributed by atoms with Crippen LogP contribution in [0.3, 0.4) is 0 Å². The fraction of sp³-hybridized carbons (Fsp3) is 0.333. The van der Waals surface area contributed by atoms with Gasteiger partial charge in [-0.15, -0.1) is 0 Å². The first-order valence-corrected chi connectivity index (χ1v) is 11.3. The van der Waals surface area contributed by atoms with E-state index in [1.807, 2.05) is 0 Å². The quantitative estimate of drug-likeness (QED) is 0.481. The van der Waals surface area contributed by atoms with Gasteiger partial charge in [-0.2, -0.15) is 0 Å².